The molecule has 0 bridgehead atoms. The number of rotatable bonds is 3. The van der Waals surface area contributed by atoms with E-state index in [-0.39, 0.29) is 17.7 Å². The fourth-order valence-corrected chi connectivity index (χ4v) is 5.28. The number of hydrogen-bond donors (Lipinski definition) is 2. The van der Waals surface area contributed by atoms with E-state index in [0.29, 0.717) is 18.2 Å². The largest absolute Gasteiger partial charge is 0.492 e. The van der Waals surface area contributed by atoms with Crippen LogP contribution in [0.3, 0.4) is 0 Å². The van der Waals surface area contributed by atoms with E-state index in [1.165, 1.54) is 33.1 Å². The van der Waals surface area contributed by atoms with Crippen molar-refractivity contribution in [3.8, 4) is 5.88 Å². The average Bonchev–Trinajstić information content (AvgIpc) is 3.37. The number of halogens is 1. The minimum Gasteiger partial charge on any atom is -0.492 e. The number of nitrogens with zero attached hydrogens (tertiary/aromatic N) is 3. The van der Waals surface area contributed by atoms with Crippen molar-refractivity contribution in [2.45, 2.75) is 24.7 Å². The molecule has 1 aromatic carbocycles. The Kier molecular flexibility index (Phi) is 4.12. The summed E-state index contributed by atoms with van der Waals surface area (Å²) in [5.41, 5.74) is 0.828. The van der Waals surface area contributed by atoms with Crippen LogP contribution in [0, 0.1) is 5.82 Å². The molecule has 0 aliphatic carbocycles. The number of likely N-dealkylation sites (tertiary alicyclic amines) is 1. The van der Waals surface area contributed by atoms with Crippen LogP contribution in [0.4, 0.5) is 4.39 Å². The van der Waals surface area contributed by atoms with Crippen molar-refractivity contribution in [3.63, 3.8) is 0 Å². The van der Waals surface area contributed by atoms with Crippen molar-refractivity contribution in [3.05, 3.63) is 46.9 Å². The molecule has 4 heterocycles. The highest BCUT2D eigenvalue weighted by Crippen LogP contribution is 2.36. The van der Waals surface area contributed by atoms with Gasteiger partial charge in [0.15, 0.2) is 11.8 Å². The molecule has 0 unspecified atom stereocenters. The number of ether oxygens (including phenoxy) is 2. The zero-order chi connectivity index (χ0) is 18.4. The van der Waals surface area contributed by atoms with Gasteiger partial charge in [0.25, 0.3) is 0 Å². The van der Waals surface area contributed by atoms with Crippen LogP contribution in [0.2, 0.25) is 0 Å². The van der Waals surface area contributed by atoms with Crippen LogP contribution in [0.15, 0.2) is 30.6 Å². The number of piperidine rings is 1. The van der Waals surface area contributed by atoms with Gasteiger partial charge in [-0.3, -0.25) is 0 Å². The van der Waals surface area contributed by atoms with Crippen molar-refractivity contribution in [1.82, 2.24) is 14.6 Å². The van der Waals surface area contributed by atoms with E-state index in [9.17, 15) is 9.50 Å². The molecule has 2 aromatic heterocycles. The predicted octanol–water partition coefficient (Wildman–Crippen LogP) is 1.15. The first-order valence-electron chi connectivity index (χ1n) is 9.05. The van der Waals surface area contributed by atoms with E-state index in [1.807, 2.05) is 6.07 Å². The van der Waals surface area contributed by atoms with Crippen molar-refractivity contribution in [2.75, 3.05) is 26.3 Å². The molecule has 2 fully saturated rings. The molecule has 2 aliphatic heterocycles. The van der Waals surface area contributed by atoms with Crippen LogP contribution >= 0.6 is 11.3 Å². The molecule has 0 radical (unpaired) electrons. The second kappa shape index (κ2) is 6.52. The standard InChI is InChI=1S/C18H19FN4O3S/c19-13-3-1-2-12(10-13)14(15-16(24)23-17(27-15)20-11-21-23)22-6-4-18(5-7-22)25-8-9-26-18/h1-3,10-11,14,24H,4-9H2/p+1/t14-/m0/s1. The third kappa shape index (κ3) is 2.91. The summed E-state index contributed by atoms with van der Waals surface area (Å²) in [5.74, 6) is -0.682. The van der Waals surface area contributed by atoms with Crippen LogP contribution in [0.1, 0.15) is 29.3 Å². The van der Waals surface area contributed by atoms with Gasteiger partial charge in [-0.05, 0) is 12.1 Å². The number of fused-ring (bicyclic) bond motifs is 1. The summed E-state index contributed by atoms with van der Waals surface area (Å²) in [6.07, 6.45) is 2.96. The predicted molar refractivity (Wildman–Crippen MR) is 95.3 cm³/mol. The van der Waals surface area contributed by atoms with Crippen molar-refractivity contribution in [1.29, 1.82) is 0 Å². The first-order chi connectivity index (χ1) is 13.2. The van der Waals surface area contributed by atoms with Gasteiger partial charge in [-0.15, -0.1) is 0 Å². The molecule has 0 saturated carbocycles. The smallest absolute Gasteiger partial charge is 0.235 e. The summed E-state index contributed by atoms with van der Waals surface area (Å²) in [7, 11) is 0. The first kappa shape index (κ1) is 17.1. The quantitative estimate of drug-likeness (QED) is 0.701. The van der Waals surface area contributed by atoms with E-state index < -0.39 is 5.79 Å². The molecule has 9 heteroatoms. The van der Waals surface area contributed by atoms with Gasteiger partial charge < -0.3 is 19.5 Å². The van der Waals surface area contributed by atoms with Gasteiger partial charge in [0.2, 0.25) is 10.8 Å². The highest BCUT2D eigenvalue weighted by Gasteiger charge is 2.45. The second-order valence-corrected chi connectivity index (χ2v) is 8.01. The normalized spacial score (nSPS) is 21.2. The van der Waals surface area contributed by atoms with Crippen LogP contribution in [-0.4, -0.2) is 51.8 Å². The summed E-state index contributed by atoms with van der Waals surface area (Å²) in [4.78, 5) is 6.79. The van der Waals surface area contributed by atoms with Crippen molar-refractivity contribution in [2.24, 2.45) is 0 Å². The highest BCUT2D eigenvalue weighted by atomic mass is 32.1. The lowest BCUT2D eigenvalue weighted by Crippen LogP contribution is -3.14. The van der Waals surface area contributed by atoms with Crippen LogP contribution < -0.4 is 4.90 Å². The monoisotopic (exact) mass is 391 g/mol. The Morgan fingerprint density at radius 1 is 1.26 bits per heavy atom. The van der Waals surface area contributed by atoms with Gasteiger partial charge in [-0.1, -0.05) is 23.5 Å². The van der Waals surface area contributed by atoms with Gasteiger partial charge in [0, 0.05) is 5.56 Å². The Labute approximate surface area is 159 Å². The molecule has 142 valence electrons. The fourth-order valence-electron chi connectivity index (χ4n) is 4.17. The Morgan fingerprint density at radius 2 is 2.04 bits per heavy atom. The molecular weight excluding hydrogens is 371 g/mol. The SMILES string of the molecule is Oc1c([C@H](c2cccc(F)c2)[NH+]2CCC3(CC2)OCCO3)sc2ncnn12. The third-order valence-corrected chi connectivity index (χ3v) is 6.56. The summed E-state index contributed by atoms with van der Waals surface area (Å²) in [6, 6.07) is 6.39. The zero-order valence-electron chi connectivity index (χ0n) is 14.6. The summed E-state index contributed by atoms with van der Waals surface area (Å²) < 4.78 is 27.1. The molecule has 5 rings (SSSR count). The summed E-state index contributed by atoms with van der Waals surface area (Å²) >= 11 is 1.39. The number of aromatic nitrogens is 3. The summed E-state index contributed by atoms with van der Waals surface area (Å²) in [6.45, 7) is 2.87. The Hall–Kier alpha value is -2.07. The molecule has 2 aliphatic rings. The van der Waals surface area contributed by atoms with Crippen LogP contribution in [0.5, 0.6) is 5.88 Å². The maximum atomic E-state index is 14.0. The number of aromatic hydroxyl groups is 1. The van der Waals surface area contributed by atoms with Gasteiger partial charge in [-0.25, -0.2) is 9.37 Å². The van der Waals surface area contributed by atoms with E-state index in [0.717, 1.165) is 36.4 Å². The van der Waals surface area contributed by atoms with E-state index in [1.54, 1.807) is 12.1 Å². The Morgan fingerprint density at radius 3 is 2.74 bits per heavy atom. The molecule has 2 saturated heterocycles. The third-order valence-electron chi connectivity index (χ3n) is 5.46. The molecule has 3 aromatic rings. The zero-order valence-corrected chi connectivity index (χ0v) is 15.4. The van der Waals surface area contributed by atoms with Crippen LogP contribution in [0.25, 0.3) is 4.96 Å². The lowest BCUT2D eigenvalue weighted by atomic mass is 9.97. The van der Waals surface area contributed by atoms with Gasteiger partial charge >= 0.3 is 0 Å². The van der Waals surface area contributed by atoms with Gasteiger partial charge in [0.1, 0.15) is 17.0 Å². The molecule has 27 heavy (non-hydrogen) atoms. The van der Waals surface area contributed by atoms with E-state index in [4.69, 9.17) is 9.47 Å². The van der Waals surface area contributed by atoms with Crippen molar-refractivity contribution >= 4 is 16.3 Å². The second-order valence-electron chi connectivity index (χ2n) is 7.00. The lowest BCUT2D eigenvalue weighted by molar-refractivity contribution is -0.933. The number of hydrogen-bond acceptors (Lipinski definition) is 6. The molecular formula is C18H20FN4O3S+. The number of thiazole rings is 1. The fraction of sp³-hybridized carbons (Fsp3) is 0.444. The molecule has 7 nitrogen and oxygen atoms in total. The van der Waals surface area contributed by atoms with E-state index in [2.05, 4.69) is 10.1 Å². The Balaban J connectivity index is 1.53. The molecule has 0 amide bonds. The van der Waals surface area contributed by atoms with Crippen LogP contribution in [-0.2, 0) is 9.47 Å². The average molecular weight is 391 g/mol. The van der Waals surface area contributed by atoms with E-state index >= 15 is 0 Å². The minimum atomic E-state index is -0.469. The topological polar surface area (TPSA) is 73.3 Å². The number of nitrogens with one attached hydrogen (secondary N) is 1. The maximum absolute atomic E-state index is 14.0. The van der Waals surface area contributed by atoms with Gasteiger partial charge in [0.05, 0.1) is 39.1 Å². The number of benzene rings is 1. The number of quaternary nitrogens is 1. The summed E-state index contributed by atoms with van der Waals surface area (Å²) in [5, 5.41) is 14.8. The highest BCUT2D eigenvalue weighted by molar-refractivity contribution is 7.17. The molecule has 1 spiro atoms. The van der Waals surface area contributed by atoms with Gasteiger partial charge in [-0.2, -0.15) is 9.61 Å². The minimum absolute atomic E-state index is 0.0721. The molecule has 1 atom stereocenters. The maximum Gasteiger partial charge on any atom is 0.235 e. The molecule has 2 N–H and O–H groups in total. The first-order valence-corrected chi connectivity index (χ1v) is 9.86. The van der Waals surface area contributed by atoms with Crippen molar-refractivity contribution < 1.29 is 23.9 Å². The Bertz CT molecular complexity index is 959. The lowest BCUT2D eigenvalue weighted by Gasteiger charge is -2.38.